The summed E-state index contributed by atoms with van der Waals surface area (Å²) in [6, 6.07) is 0. The van der Waals surface area contributed by atoms with E-state index in [1.54, 1.807) is 7.11 Å². The van der Waals surface area contributed by atoms with E-state index in [-0.39, 0.29) is 17.2 Å². The Labute approximate surface area is 101 Å². The molecule has 2 aliphatic rings. The summed E-state index contributed by atoms with van der Waals surface area (Å²) >= 11 is 0. The molecule has 5 nitrogen and oxygen atoms in total. The van der Waals surface area contributed by atoms with Crippen LogP contribution >= 0.6 is 0 Å². The van der Waals surface area contributed by atoms with Crippen LogP contribution in [0.1, 0.15) is 25.7 Å². The van der Waals surface area contributed by atoms with Crippen molar-refractivity contribution in [3.05, 3.63) is 0 Å². The molecule has 17 heavy (non-hydrogen) atoms. The highest BCUT2D eigenvalue weighted by molar-refractivity contribution is 5.89. The number of nitrogens with one attached hydrogen (secondary N) is 1. The van der Waals surface area contributed by atoms with Gasteiger partial charge in [-0.1, -0.05) is 0 Å². The third kappa shape index (κ3) is 2.97. The van der Waals surface area contributed by atoms with Crippen molar-refractivity contribution < 1.29 is 19.4 Å². The van der Waals surface area contributed by atoms with Gasteiger partial charge in [0.25, 0.3) is 0 Å². The van der Waals surface area contributed by atoms with Gasteiger partial charge >= 0.3 is 5.97 Å². The average Bonchev–Trinajstić information content (AvgIpc) is 3.17. The lowest BCUT2D eigenvalue weighted by Gasteiger charge is -2.15. The molecular formula is C12H19NO4. The number of rotatable bonds is 7. The van der Waals surface area contributed by atoms with Crippen molar-refractivity contribution in [2.75, 3.05) is 20.3 Å². The molecule has 0 aromatic carbocycles. The number of carboxylic acid groups (broad SMARTS) is 1. The van der Waals surface area contributed by atoms with Crippen molar-refractivity contribution in [2.45, 2.75) is 25.7 Å². The number of hydrogen-bond acceptors (Lipinski definition) is 3. The summed E-state index contributed by atoms with van der Waals surface area (Å²) in [6.07, 6.45) is 3.72. The summed E-state index contributed by atoms with van der Waals surface area (Å²) in [5.74, 6) is -1.71. The molecule has 96 valence electrons. The van der Waals surface area contributed by atoms with Crippen LogP contribution in [0.2, 0.25) is 0 Å². The molecule has 0 saturated heterocycles. The van der Waals surface area contributed by atoms with Crippen molar-refractivity contribution >= 4 is 11.9 Å². The first-order valence-electron chi connectivity index (χ1n) is 6.07. The van der Waals surface area contributed by atoms with E-state index in [1.807, 2.05) is 0 Å². The van der Waals surface area contributed by atoms with E-state index in [0.717, 1.165) is 25.9 Å². The maximum absolute atomic E-state index is 11.7. The Morgan fingerprint density at radius 2 is 2.12 bits per heavy atom. The van der Waals surface area contributed by atoms with Gasteiger partial charge in [0, 0.05) is 20.3 Å². The number of aliphatic carboxylic acids is 1. The molecule has 0 aliphatic heterocycles. The number of carboxylic acids is 1. The topological polar surface area (TPSA) is 75.6 Å². The zero-order valence-electron chi connectivity index (χ0n) is 10.1. The number of amides is 1. The lowest BCUT2D eigenvalue weighted by molar-refractivity contribution is -0.140. The van der Waals surface area contributed by atoms with Crippen LogP contribution in [0.25, 0.3) is 0 Å². The quantitative estimate of drug-likeness (QED) is 0.686. The lowest BCUT2D eigenvalue weighted by Crippen LogP contribution is -2.32. The van der Waals surface area contributed by atoms with Gasteiger partial charge in [0.15, 0.2) is 0 Å². The fourth-order valence-corrected chi connectivity index (χ4v) is 2.17. The zero-order chi connectivity index (χ0) is 12.5. The number of carbonyl (C=O) groups is 2. The maximum atomic E-state index is 11.7. The second-order valence-corrected chi connectivity index (χ2v) is 5.25. The zero-order valence-corrected chi connectivity index (χ0v) is 10.1. The molecular weight excluding hydrogens is 222 g/mol. The van der Waals surface area contributed by atoms with E-state index >= 15 is 0 Å². The monoisotopic (exact) mass is 241 g/mol. The van der Waals surface area contributed by atoms with Gasteiger partial charge in [-0.3, -0.25) is 9.59 Å². The van der Waals surface area contributed by atoms with Gasteiger partial charge in [0.05, 0.1) is 11.8 Å². The van der Waals surface area contributed by atoms with Gasteiger partial charge in [-0.25, -0.2) is 0 Å². The molecule has 2 fully saturated rings. The van der Waals surface area contributed by atoms with Crippen molar-refractivity contribution in [2.24, 2.45) is 17.3 Å². The Morgan fingerprint density at radius 1 is 1.41 bits per heavy atom. The van der Waals surface area contributed by atoms with Gasteiger partial charge in [-0.15, -0.1) is 0 Å². The van der Waals surface area contributed by atoms with Crippen LogP contribution in [0.4, 0.5) is 0 Å². The van der Waals surface area contributed by atoms with Crippen LogP contribution in [-0.2, 0) is 14.3 Å². The highest BCUT2D eigenvalue weighted by Crippen LogP contribution is 2.48. The molecule has 1 amide bonds. The molecule has 0 aromatic heterocycles. The van der Waals surface area contributed by atoms with E-state index in [1.165, 1.54) is 0 Å². The molecule has 2 saturated carbocycles. The number of carbonyl (C=O) groups excluding carboxylic acids is 1. The minimum atomic E-state index is -0.856. The third-order valence-corrected chi connectivity index (χ3v) is 3.88. The van der Waals surface area contributed by atoms with E-state index in [2.05, 4.69) is 5.32 Å². The molecule has 0 aromatic rings. The Bertz CT molecular complexity index is 324. The first kappa shape index (κ1) is 12.4. The first-order valence-corrected chi connectivity index (χ1v) is 6.07. The fraction of sp³-hybridized carbons (Fsp3) is 0.833. The summed E-state index contributed by atoms with van der Waals surface area (Å²) in [5.41, 5.74) is 0.222. The smallest absolute Gasteiger partial charge is 0.307 e. The van der Waals surface area contributed by atoms with Crippen LogP contribution in [0, 0.1) is 17.3 Å². The van der Waals surface area contributed by atoms with Crippen molar-refractivity contribution in [1.82, 2.24) is 5.32 Å². The molecule has 5 heteroatoms. The fourth-order valence-electron chi connectivity index (χ4n) is 2.17. The molecule has 0 bridgehead atoms. The average molecular weight is 241 g/mol. The SMILES string of the molecule is COCCC1(CNC(=O)[C@@H]2C[C@@H]2C(=O)O)CC1. The van der Waals surface area contributed by atoms with E-state index < -0.39 is 11.9 Å². The van der Waals surface area contributed by atoms with Crippen LogP contribution in [-0.4, -0.2) is 37.2 Å². The maximum Gasteiger partial charge on any atom is 0.307 e. The largest absolute Gasteiger partial charge is 0.481 e. The second kappa shape index (κ2) is 4.64. The number of methoxy groups -OCH3 is 1. The van der Waals surface area contributed by atoms with Gasteiger partial charge in [-0.05, 0) is 31.1 Å². The van der Waals surface area contributed by atoms with Crippen LogP contribution in [0.5, 0.6) is 0 Å². The predicted octanol–water partition coefficient (Wildman–Crippen LogP) is 0.640. The Morgan fingerprint density at radius 3 is 2.59 bits per heavy atom. The summed E-state index contributed by atoms with van der Waals surface area (Å²) < 4.78 is 5.04. The Kier molecular flexibility index (Phi) is 3.38. The molecule has 0 radical (unpaired) electrons. The third-order valence-electron chi connectivity index (χ3n) is 3.88. The Balaban J connectivity index is 1.69. The molecule has 0 heterocycles. The molecule has 2 N–H and O–H groups in total. The van der Waals surface area contributed by atoms with E-state index in [0.29, 0.717) is 13.0 Å². The normalized spacial score (nSPS) is 28.5. The summed E-state index contributed by atoms with van der Waals surface area (Å²) in [5, 5.41) is 11.6. The van der Waals surface area contributed by atoms with Crippen molar-refractivity contribution in [1.29, 1.82) is 0 Å². The molecule has 2 rings (SSSR count). The predicted molar refractivity (Wildman–Crippen MR) is 60.4 cm³/mol. The van der Waals surface area contributed by atoms with Gasteiger partial charge in [0.1, 0.15) is 0 Å². The summed E-state index contributed by atoms with van der Waals surface area (Å²) in [6.45, 7) is 1.38. The highest BCUT2D eigenvalue weighted by atomic mass is 16.5. The molecule has 0 spiro atoms. The van der Waals surface area contributed by atoms with Crippen molar-refractivity contribution in [3.8, 4) is 0 Å². The van der Waals surface area contributed by atoms with Crippen molar-refractivity contribution in [3.63, 3.8) is 0 Å². The minimum Gasteiger partial charge on any atom is -0.481 e. The first-order chi connectivity index (χ1) is 8.08. The minimum absolute atomic E-state index is 0.0962. The summed E-state index contributed by atoms with van der Waals surface area (Å²) in [4.78, 5) is 22.3. The van der Waals surface area contributed by atoms with Gasteiger partial charge in [0.2, 0.25) is 5.91 Å². The molecule has 2 aliphatic carbocycles. The van der Waals surface area contributed by atoms with Gasteiger partial charge in [-0.2, -0.15) is 0 Å². The van der Waals surface area contributed by atoms with Crippen LogP contribution in [0.15, 0.2) is 0 Å². The van der Waals surface area contributed by atoms with Crippen LogP contribution in [0.3, 0.4) is 0 Å². The summed E-state index contributed by atoms with van der Waals surface area (Å²) in [7, 11) is 1.68. The lowest BCUT2D eigenvalue weighted by atomic mass is 10.0. The Hall–Kier alpha value is -1.10. The van der Waals surface area contributed by atoms with Gasteiger partial charge < -0.3 is 15.2 Å². The van der Waals surface area contributed by atoms with Crippen LogP contribution < -0.4 is 5.32 Å². The number of hydrogen-bond donors (Lipinski definition) is 2. The van der Waals surface area contributed by atoms with E-state index in [4.69, 9.17) is 9.84 Å². The molecule has 2 atom stereocenters. The second-order valence-electron chi connectivity index (χ2n) is 5.25. The highest BCUT2D eigenvalue weighted by Gasteiger charge is 2.49. The number of ether oxygens (including phenoxy) is 1. The standard InChI is InChI=1S/C12H19NO4/c1-17-5-4-12(2-3-12)7-13-10(14)8-6-9(8)11(15)16/h8-9H,2-7H2,1H3,(H,13,14)(H,15,16)/t8-,9+/m1/s1. The molecule has 0 unspecified atom stereocenters. The van der Waals surface area contributed by atoms with E-state index in [9.17, 15) is 9.59 Å².